The molecule has 2 aromatic rings. The molecule has 1 saturated carbocycles. The molecule has 2 N–H and O–H groups in total. The molecule has 1 aromatic carbocycles. The van der Waals surface area contributed by atoms with Gasteiger partial charge in [-0.1, -0.05) is 17.3 Å². The molecule has 0 radical (unpaired) electrons. The molecule has 1 aliphatic heterocycles. The van der Waals surface area contributed by atoms with E-state index in [0.717, 1.165) is 44.5 Å². The number of carbonyl (C=O) groups is 1. The lowest BCUT2D eigenvalue weighted by molar-refractivity contribution is 0.102. The SMILES string of the molecule is Cl.O=C(Nc1ccccc1OC1CCCC1)c1cn(C2CCNCC2)nn1. The summed E-state index contributed by atoms with van der Waals surface area (Å²) in [5.74, 6) is 0.464. The van der Waals surface area contributed by atoms with Gasteiger partial charge in [-0.2, -0.15) is 0 Å². The van der Waals surface area contributed by atoms with E-state index in [4.69, 9.17) is 4.74 Å². The van der Waals surface area contributed by atoms with Crippen LogP contribution in [0.5, 0.6) is 5.75 Å². The normalized spacial score (nSPS) is 18.1. The predicted octanol–water partition coefficient (Wildman–Crippen LogP) is 3.20. The van der Waals surface area contributed by atoms with E-state index >= 15 is 0 Å². The molecule has 146 valence electrons. The van der Waals surface area contributed by atoms with Crippen molar-refractivity contribution in [2.45, 2.75) is 50.7 Å². The number of nitrogens with zero attached hydrogens (tertiary/aromatic N) is 3. The molecule has 1 aliphatic carbocycles. The van der Waals surface area contributed by atoms with Crippen molar-refractivity contribution in [3.05, 3.63) is 36.2 Å². The molecule has 0 spiro atoms. The number of rotatable bonds is 5. The maximum absolute atomic E-state index is 12.6. The highest BCUT2D eigenvalue weighted by molar-refractivity contribution is 6.03. The summed E-state index contributed by atoms with van der Waals surface area (Å²) in [6, 6.07) is 7.89. The summed E-state index contributed by atoms with van der Waals surface area (Å²) in [6.45, 7) is 1.94. The molecule has 2 fully saturated rings. The van der Waals surface area contributed by atoms with Gasteiger partial charge < -0.3 is 15.4 Å². The van der Waals surface area contributed by atoms with Crippen molar-refractivity contribution in [3.63, 3.8) is 0 Å². The smallest absolute Gasteiger partial charge is 0.277 e. The Balaban J connectivity index is 0.00000210. The van der Waals surface area contributed by atoms with E-state index in [9.17, 15) is 4.79 Å². The van der Waals surface area contributed by atoms with Gasteiger partial charge >= 0.3 is 0 Å². The molecule has 1 aromatic heterocycles. The van der Waals surface area contributed by atoms with Gasteiger partial charge in [0.25, 0.3) is 5.91 Å². The van der Waals surface area contributed by atoms with E-state index in [1.165, 1.54) is 12.8 Å². The van der Waals surface area contributed by atoms with Crippen molar-refractivity contribution in [2.75, 3.05) is 18.4 Å². The highest BCUT2D eigenvalue weighted by Crippen LogP contribution is 2.30. The van der Waals surface area contributed by atoms with Crippen molar-refractivity contribution in [1.29, 1.82) is 0 Å². The van der Waals surface area contributed by atoms with Gasteiger partial charge in [0.05, 0.1) is 24.0 Å². The van der Waals surface area contributed by atoms with E-state index < -0.39 is 0 Å². The number of hydrogen-bond donors (Lipinski definition) is 2. The van der Waals surface area contributed by atoms with E-state index in [-0.39, 0.29) is 24.4 Å². The Hall–Kier alpha value is -2.12. The first-order chi connectivity index (χ1) is 12.8. The number of ether oxygens (including phenoxy) is 1. The maximum atomic E-state index is 12.6. The van der Waals surface area contributed by atoms with Crippen LogP contribution in [0.25, 0.3) is 0 Å². The van der Waals surface area contributed by atoms with Crippen LogP contribution in [0.15, 0.2) is 30.5 Å². The Morgan fingerprint density at radius 1 is 1.15 bits per heavy atom. The monoisotopic (exact) mass is 391 g/mol. The minimum atomic E-state index is -0.257. The van der Waals surface area contributed by atoms with Crippen LogP contribution in [0, 0.1) is 0 Å². The van der Waals surface area contributed by atoms with Crippen LogP contribution < -0.4 is 15.4 Å². The number of anilines is 1. The summed E-state index contributed by atoms with van der Waals surface area (Å²) < 4.78 is 7.90. The Kier molecular flexibility index (Phi) is 6.68. The zero-order valence-corrected chi connectivity index (χ0v) is 16.1. The van der Waals surface area contributed by atoms with Gasteiger partial charge in [-0.15, -0.1) is 17.5 Å². The van der Waals surface area contributed by atoms with Crippen molar-refractivity contribution < 1.29 is 9.53 Å². The van der Waals surface area contributed by atoms with Gasteiger partial charge in [-0.3, -0.25) is 4.79 Å². The maximum Gasteiger partial charge on any atom is 0.277 e. The van der Waals surface area contributed by atoms with E-state index in [1.807, 2.05) is 28.9 Å². The Morgan fingerprint density at radius 3 is 2.67 bits per heavy atom. The third-order valence-electron chi connectivity index (χ3n) is 5.16. The molecule has 27 heavy (non-hydrogen) atoms. The minimum absolute atomic E-state index is 0. The van der Waals surface area contributed by atoms with Crippen LogP contribution in [-0.4, -0.2) is 40.1 Å². The fourth-order valence-corrected chi connectivity index (χ4v) is 3.68. The summed E-state index contributed by atoms with van der Waals surface area (Å²) in [4.78, 5) is 12.6. The second-order valence-electron chi connectivity index (χ2n) is 7.04. The first-order valence-electron chi connectivity index (χ1n) is 9.49. The van der Waals surface area contributed by atoms with Gasteiger partial charge in [0.15, 0.2) is 5.69 Å². The standard InChI is InChI=1S/C19H25N5O2.ClH/c25-19(17-13-24(23-22-17)14-9-11-20-12-10-14)21-16-7-3-4-8-18(16)26-15-5-1-2-6-15;/h3-4,7-8,13-15,20H,1-2,5-6,9-12H2,(H,21,25);1H. The topological polar surface area (TPSA) is 81.1 Å². The summed E-state index contributed by atoms with van der Waals surface area (Å²) >= 11 is 0. The average Bonchev–Trinajstić information content (AvgIpc) is 3.36. The first kappa shape index (κ1) is 19.6. The highest BCUT2D eigenvalue weighted by Gasteiger charge is 2.21. The molecule has 0 atom stereocenters. The molecule has 0 bridgehead atoms. The number of hydrogen-bond acceptors (Lipinski definition) is 5. The fourth-order valence-electron chi connectivity index (χ4n) is 3.68. The molecule has 2 aliphatic rings. The van der Waals surface area contributed by atoms with E-state index in [0.29, 0.717) is 17.4 Å². The quantitative estimate of drug-likeness (QED) is 0.818. The largest absolute Gasteiger partial charge is 0.488 e. The number of benzene rings is 1. The fraction of sp³-hybridized carbons (Fsp3) is 0.526. The van der Waals surface area contributed by atoms with E-state index in [2.05, 4.69) is 20.9 Å². The second kappa shape index (κ2) is 9.19. The van der Waals surface area contributed by atoms with Crippen molar-refractivity contribution in [2.24, 2.45) is 0 Å². The molecule has 1 saturated heterocycles. The molecular weight excluding hydrogens is 366 g/mol. The second-order valence-corrected chi connectivity index (χ2v) is 7.04. The van der Waals surface area contributed by atoms with Crippen LogP contribution in [0.1, 0.15) is 55.1 Å². The summed E-state index contributed by atoms with van der Waals surface area (Å²) in [7, 11) is 0. The summed E-state index contributed by atoms with van der Waals surface area (Å²) in [6.07, 6.45) is 8.56. The lowest BCUT2D eigenvalue weighted by Gasteiger charge is -2.22. The van der Waals surface area contributed by atoms with Gasteiger partial charge in [0.2, 0.25) is 0 Å². The molecule has 8 heteroatoms. The molecule has 4 rings (SSSR count). The van der Waals surface area contributed by atoms with Crippen molar-refractivity contribution in [1.82, 2.24) is 20.3 Å². The number of carbonyl (C=O) groups excluding carboxylic acids is 1. The number of nitrogens with one attached hydrogen (secondary N) is 2. The van der Waals surface area contributed by atoms with Crippen LogP contribution >= 0.6 is 12.4 Å². The molecular formula is C19H26ClN5O2. The number of halogens is 1. The highest BCUT2D eigenvalue weighted by atomic mass is 35.5. The molecule has 7 nitrogen and oxygen atoms in total. The van der Waals surface area contributed by atoms with E-state index in [1.54, 1.807) is 6.20 Å². The third-order valence-corrected chi connectivity index (χ3v) is 5.16. The van der Waals surface area contributed by atoms with Gasteiger partial charge in [0.1, 0.15) is 5.75 Å². The number of piperidine rings is 1. The van der Waals surface area contributed by atoms with Crippen molar-refractivity contribution >= 4 is 24.0 Å². The van der Waals surface area contributed by atoms with Crippen molar-refractivity contribution in [3.8, 4) is 5.75 Å². The van der Waals surface area contributed by atoms with Crippen LogP contribution in [0.3, 0.4) is 0 Å². The molecule has 1 amide bonds. The lowest BCUT2D eigenvalue weighted by atomic mass is 10.1. The number of amides is 1. The Labute approximate surface area is 165 Å². The summed E-state index contributed by atoms with van der Waals surface area (Å²) in [5.41, 5.74) is 1.01. The van der Waals surface area contributed by atoms with Gasteiger partial charge in [-0.05, 0) is 63.7 Å². The Bertz CT molecular complexity index is 754. The van der Waals surface area contributed by atoms with Crippen LogP contribution in [-0.2, 0) is 0 Å². The lowest BCUT2D eigenvalue weighted by Crippen LogP contribution is -2.29. The van der Waals surface area contributed by atoms with Gasteiger partial charge in [0, 0.05) is 0 Å². The summed E-state index contributed by atoms with van der Waals surface area (Å²) in [5, 5.41) is 14.5. The van der Waals surface area contributed by atoms with Gasteiger partial charge in [-0.25, -0.2) is 4.68 Å². The minimum Gasteiger partial charge on any atom is -0.488 e. The number of para-hydroxylation sites is 2. The predicted molar refractivity (Wildman–Crippen MR) is 106 cm³/mol. The zero-order valence-electron chi connectivity index (χ0n) is 15.3. The van der Waals surface area contributed by atoms with Crippen LogP contribution in [0.2, 0.25) is 0 Å². The average molecular weight is 392 g/mol. The first-order valence-corrected chi connectivity index (χ1v) is 9.49. The number of aromatic nitrogens is 3. The van der Waals surface area contributed by atoms with Crippen LogP contribution in [0.4, 0.5) is 5.69 Å². The zero-order chi connectivity index (χ0) is 17.8. The molecule has 0 unspecified atom stereocenters. The Morgan fingerprint density at radius 2 is 1.89 bits per heavy atom. The third kappa shape index (κ3) is 4.78. The molecule has 2 heterocycles.